The normalized spacial score (nSPS) is 18.5. The largest absolute Gasteiger partial charge is 0.446 e. The van der Waals surface area contributed by atoms with Crippen LogP contribution < -0.4 is 15.8 Å². The fourth-order valence-electron chi connectivity index (χ4n) is 4.26. The van der Waals surface area contributed by atoms with Crippen LogP contribution in [0.5, 0.6) is 0 Å². The second-order valence-corrected chi connectivity index (χ2v) is 9.12. The van der Waals surface area contributed by atoms with E-state index in [0.717, 1.165) is 10.9 Å². The van der Waals surface area contributed by atoms with Crippen molar-refractivity contribution < 1.29 is 9.53 Å². The van der Waals surface area contributed by atoms with Crippen molar-refractivity contribution in [1.82, 2.24) is 19.9 Å². The molecule has 178 valence electrons. The molecule has 2 aromatic carbocycles. The first-order chi connectivity index (χ1) is 16.7. The highest BCUT2D eigenvalue weighted by atomic mass is 35.5. The lowest BCUT2D eigenvalue weighted by atomic mass is 9.92. The maximum atomic E-state index is 12.8. The molecule has 0 bridgehead atoms. The molecule has 5 rings (SSSR count). The molecule has 0 aliphatic carbocycles. The molecule has 1 aliphatic rings. The van der Waals surface area contributed by atoms with Gasteiger partial charge in [-0.3, -0.25) is 4.79 Å². The Kier molecular flexibility index (Phi) is 5.64. The molecular formula is C25H23ClN6O3. The number of hydrogen-bond donors (Lipinski definition) is 2. The average molecular weight is 491 g/mol. The first-order valence-corrected chi connectivity index (χ1v) is 11.5. The Labute approximate surface area is 206 Å². The van der Waals surface area contributed by atoms with E-state index in [9.17, 15) is 9.59 Å². The number of nitrogens with zero attached hydrogens (tertiary/aromatic N) is 4. The molecule has 35 heavy (non-hydrogen) atoms. The van der Waals surface area contributed by atoms with E-state index in [1.165, 1.54) is 4.90 Å². The van der Waals surface area contributed by atoms with Crippen LogP contribution in [-0.4, -0.2) is 32.6 Å². The van der Waals surface area contributed by atoms with Gasteiger partial charge in [0.25, 0.3) is 5.56 Å². The smallest absolute Gasteiger partial charge is 0.417 e. The van der Waals surface area contributed by atoms with Crippen molar-refractivity contribution >= 4 is 40.5 Å². The van der Waals surface area contributed by atoms with Crippen LogP contribution in [0, 0.1) is 6.92 Å². The van der Waals surface area contributed by atoms with Crippen LogP contribution in [0.3, 0.4) is 0 Å². The highest BCUT2D eigenvalue weighted by molar-refractivity contribution is 6.31. The number of H-pyrrole nitrogens is 1. The van der Waals surface area contributed by atoms with Gasteiger partial charge in [0, 0.05) is 21.5 Å². The first-order valence-electron chi connectivity index (χ1n) is 11.1. The van der Waals surface area contributed by atoms with Crippen LogP contribution in [0.2, 0.25) is 5.02 Å². The van der Waals surface area contributed by atoms with E-state index in [-0.39, 0.29) is 24.1 Å². The number of anilines is 2. The van der Waals surface area contributed by atoms with Crippen molar-refractivity contribution in [2.45, 2.75) is 32.4 Å². The Morgan fingerprint density at radius 1 is 1.11 bits per heavy atom. The summed E-state index contributed by atoms with van der Waals surface area (Å²) in [6, 6.07) is 16.2. The first kappa shape index (κ1) is 22.8. The van der Waals surface area contributed by atoms with Crippen molar-refractivity contribution in [3.8, 4) is 0 Å². The Bertz CT molecular complexity index is 1490. The van der Waals surface area contributed by atoms with Crippen molar-refractivity contribution in [3.63, 3.8) is 0 Å². The third kappa shape index (κ3) is 4.19. The summed E-state index contributed by atoms with van der Waals surface area (Å²) >= 11 is 6.12. The Balaban J connectivity index is 1.49. The van der Waals surface area contributed by atoms with Gasteiger partial charge in [0.1, 0.15) is 18.0 Å². The van der Waals surface area contributed by atoms with E-state index < -0.39 is 17.7 Å². The Morgan fingerprint density at radius 2 is 1.89 bits per heavy atom. The number of pyridine rings is 1. The number of benzene rings is 2. The molecule has 1 aliphatic heterocycles. The molecule has 3 heterocycles. The van der Waals surface area contributed by atoms with Crippen LogP contribution in [-0.2, 0) is 10.3 Å². The fraction of sp³-hybridized carbons (Fsp3) is 0.240. The summed E-state index contributed by atoms with van der Waals surface area (Å²) in [6.07, 6.45) is -0.538. The predicted molar refractivity (Wildman–Crippen MR) is 134 cm³/mol. The van der Waals surface area contributed by atoms with Crippen molar-refractivity contribution in [3.05, 3.63) is 86.9 Å². The van der Waals surface area contributed by atoms with Crippen molar-refractivity contribution in [2.75, 3.05) is 16.8 Å². The summed E-state index contributed by atoms with van der Waals surface area (Å²) in [5.41, 5.74) is 1.07. The molecule has 10 heteroatoms. The Morgan fingerprint density at radius 3 is 2.66 bits per heavy atom. The quantitative estimate of drug-likeness (QED) is 0.416. The molecule has 1 amide bonds. The molecule has 0 unspecified atom stereocenters. The molecule has 2 atom stereocenters. The van der Waals surface area contributed by atoms with Gasteiger partial charge in [-0.05, 0) is 50.6 Å². The topological polar surface area (TPSA) is 113 Å². The molecule has 0 spiro atoms. The lowest BCUT2D eigenvalue weighted by molar-refractivity contribution is 0.174. The summed E-state index contributed by atoms with van der Waals surface area (Å²) in [6.45, 7) is 5.61. The lowest BCUT2D eigenvalue weighted by Gasteiger charge is -2.30. The summed E-state index contributed by atoms with van der Waals surface area (Å²) in [7, 11) is 0. The third-order valence-corrected chi connectivity index (χ3v) is 6.37. The number of rotatable bonds is 5. The maximum Gasteiger partial charge on any atom is 0.417 e. The number of fused-ring (bicyclic) bond motifs is 1. The van der Waals surface area contributed by atoms with Gasteiger partial charge >= 0.3 is 6.09 Å². The van der Waals surface area contributed by atoms with Gasteiger partial charge in [0.2, 0.25) is 11.9 Å². The van der Waals surface area contributed by atoms with Gasteiger partial charge in [-0.2, -0.15) is 15.0 Å². The standard InChI is InChI=1S/C25H23ClN6O3/c1-14(19-12-16-11-18(26)9-10-20(16)30-21(19)33)27-22-28-15(2)29-23(31-22)32-24(34)35-13-25(32,3)17-7-5-4-6-8-17/h4-12,14H,13H2,1-3H3,(H,30,33)(H,27,28,29,31)/t14-,25+/m0/s1. The number of carbonyl (C=O) groups is 1. The van der Waals surface area contributed by atoms with Crippen molar-refractivity contribution in [1.29, 1.82) is 0 Å². The molecule has 1 saturated heterocycles. The van der Waals surface area contributed by atoms with Crippen LogP contribution >= 0.6 is 11.6 Å². The number of halogens is 1. The molecule has 0 saturated carbocycles. The number of cyclic esters (lactones) is 1. The minimum absolute atomic E-state index is 0.161. The minimum Gasteiger partial charge on any atom is -0.446 e. The second-order valence-electron chi connectivity index (χ2n) is 8.69. The van der Waals surface area contributed by atoms with Gasteiger partial charge in [0.15, 0.2) is 0 Å². The number of aryl methyl sites for hydroxylation is 1. The lowest BCUT2D eigenvalue weighted by Crippen LogP contribution is -2.43. The van der Waals surface area contributed by atoms with E-state index in [4.69, 9.17) is 16.3 Å². The number of amides is 1. The van der Waals surface area contributed by atoms with Crippen LogP contribution in [0.1, 0.15) is 36.8 Å². The number of aromatic nitrogens is 4. The molecule has 2 N–H and O–H groups in total. The van der Waals surface area contributed by atoms with E-state index in [0.29, 0.717) is 21.9 Å². The molecule has 1 fully saturated rings. The van der Waals surface area contributed by atoms with Crippen LogP contribution in [0.4, 0.5) is 16.7 Å². The van der Waals surface area contributed by atoms with Gasteiger partial charge in [-0.25, -0.2) is 9.69 Å². The summed E-state index contributed by atoms with van der Waals surface area (Å²) < 4.78 is 5.40. The number of aromatic amines is 1. The molecule has 2 aromatic heterocycles. The summed E-state index contributed by atoms with van der Waals surface area (Å²) in [4.78, 5) is 43.1. The summed E-state index contributed by atoms with van der Waals surface area (Å²) in [5.74, 6) is 0.819. The highest BCUT2D eigenvalue weighted by Gasteiger charge is 2.47. The zero-order valence-electron chi connectivity index (χ0n) is 19.4. The van der Waals surface area contributed by atoms with E-state index in [2.05, 4.69) is 25.3 Å². The van der Waals surface area contributed by atoms with Gasteiger partial charge < -0.3 is 15.0 Å². The SMILES string of the molecule is Cc1nc(N[C@@H](C)c2cc3cc(Cl)ccc3[nH]c2=O)nc(N2C(=O)OC[C@]2(C)c2ccccc2)n1. The minimum atomic E-state index is -0.788. The predicted octanol–water partition coefficient (Wildman–Crippen LogP) is 4.72. The second kappa shape index (κ2) is 8.66. The van der Waals surface area contributed by atoms with Gasteiger partial charge in [-0.1, -0.05) is 41.9 Å². The maximum absolute atomic E-state index is 12.8. The molecule has 0 radical (unpaired) electrons. The molecular weight excluding hydrogens is 468 g/mol. The number of ether oxygens (including phenoxy) is 1. The van der Waals surface area contributed by atoms with Gasteiger partial charge in [-0.15, -0.1) is 0 Å². The summed E-state index contributed by atoms with van der Waals surface area (Å²) in [5, 5.41) is 4.56. The van der Waals surface area contributed by atoms with E-state index in [1.54, 1.807) is 31.2 Å². The van der Waals surface area contributed by atoms with Crippen LogP contribution in [0.25, 0.3) is 10.9 Å². The van der Waals surface area contributed by atoms with E-state index in [1.807, 2.05) is 44.2 Å². The fourth-order valence-corrected chi connectivity index (χ4v) is 4.45. The van der Waals surface area contributed by atoms with E-state index >= 15 is 0 Å². The Hall–Kier alpha value is -3.98. The number of carbonyl (C=O) groups excluding carboxylic acids is 1. The van der Waals surface area contributed by atoms with Crippen LogP contribution in [0.15, 0.2) is 59.4 Å². The number of hydrogen-bond acceptors (Lipinski definition) is 7. The number of nitrogens with one attached hydrogen (secondary N) is 2. The highest BCUT2D eigenvalue weighted by Crippen LogP contribution is 2.37. The third-order valence-electron chi connectivity index (χ3n) is 6.13. The zero-order valence-corrected chi connectivity index (χ0v) is 20.1. The molecule has 9 nitrogen and oxygen atoms in total. The van der Waals surface area contributed by atoms with Crippen molar-refractivity contribution in [2.24, 2.45) is 0 Å². The zero-order chi connectivity index (χ0) is 24.7. The van der Waals surface area contributed by atoms with Gasteiger partial charge in [0.05, 0.1) is 6.04 Å². The molecule has 4 aromatic rings. The monoisotopic (exact) mass is 490 g/mol. The average Bonchev–Trinajstić information content (AvgIpc) is 3.14.